The van der Waals surface area contributed by atoms with Gasteiger partial charge in [0.2, 0.25) is 12.2 Å². The van der Waals surface area contributed by atoms with E-state index in [0.29, 0.717) is 50.0 Å². The van der Waals surface area contributed by atoms with Gasteiger partial charge in [0.1, 0.15) is 5.82 Å². The normalized spacial score (nSPS) is 12.5. The van der Waals surface area contributed by atoms with Crippen LogP contribution in [0.2, 0.25) is 0 Å². The van der Waals surface area contributed by atoms with Gasteiger partial charge in [-0.15, -0.1) is 0 Å². The van der Waals surface area contributed by atoms with Gasteiger partial charge in [0, 0.05) is 12.2 Å². The van der Waals surface area contributed by atoms with E-state index < -0.39 is 17.6 Å². The number of halogens is 4. The number of nitrogens with two attached hydrogens (primary N) is 1. The van der Waals surface area contributed by atoms with Crippen molar-refractivity contribution < 1.29 is 27.0 Å². The quantitative estimate of drug-likeness (QED) is 0.367. The molecule has 0 aliphatic rings. The Hall–Kier alpha value is -2.95. The first kappa shape index (κ1) is 22.3. The molecule has 1 amide bonds. The summed E-state index contributed by atoms with van der Waals surface area (Å²) in [6, 6.07) is 2.31. The highest BCUT2D eigenvalue weighted by molar-refractivity contribution is 5.97. The standard InChI is InChI=1S/C18H21F4N5O2/c1-3-11(2)16(15-17(26-29-25-15)24-8-4-7-23)27(10-28)12-5-6-14(19)13(9-12)18(20,21)22/h5-6,9-10H,3-4,7-8,23H2,1-2H3,(H,24,26)/b16-11+. The molecule has 0 atom stereocenters. The van der Waals surface area contributed by atoms with E-state index in [1.165, 1.54) is 0 Å². The Morgan fingerprint density at radius 3 is 2.66 bits per heavy atom. The fraction of sp³-hybridized carbons (Fsp3) is 0.389. The van der Waals surface area contributed by atoms with Crippen molar-refractivity contribution >= 4 is 23.6 Å². The van der Waals surface area contributed by atoms with Crippen LogP contribution in [0.3, 0.4) is 0 Å². The highest BCUT2D eigenvalue weighted by atomic mass is 19.4. The summed E-state index contributed by atoms with van der Waals surface area (Å²) < 4.78 is 57.8. The number of rotatable bonds is 9. The second kappa shape index (κ2) is 9.50. The van der Waals surface area contributed by atoms with E-state index in [1.807, 2.05) is 0 Å². The van der Waals surface area contributed by atoms with Crippen molar-refractivity contribution in [3.63, 3.8) is 0 Å². The monoisotopic (exact) mass is 415 g/mol. The molecule has 2 rings (SSSR count). The van der Waals surface area contributed by atoms with Crippen molar-refractivity contribution in [1.82, 2.24) is 10.3 Å². The van der Waals surface area contributed by atoms with Crippen LogP contribution in [0.4, 0.5) is 29.1 Å². The number of hydrogen-bond acceptors (Lipinski definition) is 6. The zero-order chi connectivity index (χ0) is 21.6. The number of carbonyl (C=O) groups excluding carboxylic acids is 1. The van der Waals surface area contributed by atoms with E-state index in [2.05, 4.69) is 15.6 Å². The van der Waals surface area contributed by atoms with Gasteiger partial charge in [-0.25, -0.2) is 9.02 Å². The Morgan fingerprint density at radius 1 is 1.34 bits per heavy atom. The van der Waals surface area contributed by atoms with Crippen LogP contribution in [0.15, 0.2) is 28.4 Å². The van der Waals surface area contributed by atoms with Gasteiger partial charge >= 0.3 is 6.18 Å². The third kappa shape index (κ3) is 5.11. The minimum Gasteiger partial charge on any atom is -0.365 e. The molecule has 158 valence electrons. The van der Waals surface area contributed by atoms with Crippen LogP contribution in [-0.4, -0.2) is 29.8 Å². The topological polar surface area (TPSA) is 97.3 Å². The lowest BCUT2D eigenvalue weighted by atomic mass is 10.1. The molecule has 29 heavy (non-hydrogen) atoms. The van der Waals surface area contributed by atoms with Crippen molar-refractivity contribution in [3.05, 3.63) is 40.8 Å². The molecule has 0 saturated heterocycles. The largest absolute Gasteiger partial charge is 0.419 e. The van der Waals surface area contributed by atoms with Crippen molar-refractivity contribution in [2.75, 3.05) is 23.3 Å². The zero-order valence-electron chi connectivity index (χ0n) is 15.9. The second-order valence-electron chi connectivity index (χ2n) is 6.15. The molecule has 1 aromatic carbocycles. The lowest BCUT2D eigenvalue weighted by molar-refractivity contribution is -0.140. The minimum absolute atomic E-state index is 0.145. The number of nitrogens with zero attached hydrogens (tertiary/aromatic N) is 3. The van der Waals surface area contributed by atoms with Crippen LogP contribution in [0.5, 0.6) is 0 Å². The van der Waals surface area contributed by atoms with Gasteiger partial charge in [-0.3, -0.25) is 9.69 Å². The number of hydrogen-bond donors (Lipinski definition) is 2. The Balaban J connectivity index is 2.56. The summed E-state index contributed by atoms with van der Waals surface area (Å²) in [5, 5.41) is 10.5. The minimum atomic E-state index is -4.91. The highest BCUT2D eigenvalue weighted by Crippen LogP contribution is 2.37. The SMILES string of the molecule is CC/C(C)=C(\c1nonc1NCCCN)N(C=O)c1ccc(F)c(C(F)(F)F)c1. The number of amides is 1. The number of anilines is 2. The number of nitrogens with one attached hydrogen (secondary N) is 1. The first-order valence-corrected chi connectivity index (χ1v) is 8.82. The molecule has 0 radical (unpaired) electrons. The Bertz CT molecular complexity index is 879. The average Bonchev–Trinajstić information content (AvgIpc) is 3.13. The molecule has 0 unspecified atom stereocenters. The predicted molar refractivity (Wildman–Crippen MR) is 99.3 cm³/mol. The number of alkyl halides is 3. The highest BCUT2D eigenvalue weighted by Gasteiger charge is 2.35. The molecular weight excluding hydrogens is 394 g/mol. The third-order valence-electron chi connectivity index (χ3n) is 4.20. The molecule has 0 aliphatic heterocycles. The van der Waals surface area contributed by atoms with Gasteiger partial charge in [0.05, 0.1) is 11.3 Å². The van der Waals surface area contributed by atoms with Crippen LogP contribution in [-0.2, 0) is 11.0 Å². The number of carbonyl (C=O) groups is 1. The molecule has 11 heteroatoms. The Kier molecular flexibility index (Phi) is 7.32. The van der Waals surface area contributed by atoms with Crippen molar-refractivity contribution in [3.8, 4) is 0 Å². The summed E-state index contributed by atoms with van der Waals surface area (Å²) in [6.45, 7) is 4.38. The van der Waals surface area contributed by atoms with Crippen LogP contribution >= 0.6 is 0 Å². The summed E-state index contributed by atoms with van der Waals surface area (Å²) >= 11 is 0. The number of benzene rings is 1. The van der Waals surface area contributed by atoms with E-state index in [9.17, 15) is 22.4 Å². The molecule has 1 aromatic heterocycles. The molecular formula is C18H21F4N5O2. The molecule has 2 aromatic rings. The van der Waals surface area contributed by atoms with Crippen molar-refractivity contribution in [2.45, 2.75) is 32.9 Å². The van der Waals surface area contributed by atoms with E-state index >= 15 is 0 Å². The maximum atomic E-state index is 13.7. The van der Waals surface area contributed by atoms with Gasteiger partial charge in [-0.05, 0) is 60.4 Å². The fourth-order valence-corrected chi connectivity index (χ4v) is 2.58. The number of aromatic nitrogens is 2. The molecule has 0 spiro atoms. The van der Waals surface area contributed by atoms with E-state index in [0.717, 1.165) is 11.0 Å². The zero-order valence-corrected chi connectivity index (χ0v) is 15.9. The summed E-state index contributed by atoms with van der Waals surface area (Å²) in [5.41, 5.74) is 4.78. The molecule has 1 heterocycles. The lowest BCUT2D eigenvalue weighted by Crippen LogP contribution is -2.23. The smallest absolute Gasteiger partial charge is 0.365 e. The van der Waals surface area contributed by atoms with E-state index in [-0.39, 0.29) is 22.9 Å². The maximum absolute atomic E-state index is 13.7. The number of allylic oxidation sites excluding steroid dienone is 1. The van der Waals surface area contributed by atoms with Crippen LogP contribution < -0.4 is 16.0 Å². The summed E-state index contributed by atoms with van der Waals surface area (Å²) in [6.07, 6.45) is -3.49. The van der Waals surface area contributed by atoms with Crippen molar-refractivity contribution in [2.24, 2.45) is 5.73 Å². The van der Waals surface area contributed by atoms with Crippen LogP contribution in [0, 0.1) is 5.82 Å². The summed E-state index contributed by atoms with van der Waals surface area (Å²) in [5.74, 6) is -1.22. The van der Waals surface area contributed by atoms with E-state index in [4.69, 9.17) is 10.4 Å². The first-order chi connectivity index (χ1) is 13.7. The molecule has 0 bridgehead atoms. The molecule has 0 fully saturated rings. The molecule has 0 saturated carbocycles. The summed E-state index contributed by atoms with van der Waals surface area (Å²) in [7, 11) is 0. The van der Waals surface area contributed by atoms with Gasteiger partial charge in [0.25, 0.3) is 0 Å². The van der Waals surface area contributed by atoms with Gasteiger partial charge < -0.3 is 11.1 Å². The first-order valence-electron chi connectivity index (χ1n) is 8.82. The Labute approximate surface area is 164 Å². The average molecular weight is 415 g/mol. The van der Waals surface area contributed by atoms with Gasteiger partial charge in [-0.2, -0.15) is 13.2 Å². The summed E-state index contributed by atoms with van der Waals surface area (Å²) in [4.78, 5) is 12.8. The Morgan fingerprint density at radius 2 is 2.07 bits per heavy atom. The van der Waals surface area contributed by atoms with Gasteiger partial charge in [0.15, 0.2) is 5.69 Å². The van der Waals surface area contributed by atoms with Crippen molar-refractivity contribution in [1.29, 1.82) is 0 Å². The predicted octanol–water partition coefficient (Wildman–Crippen LogP) is 3.79. The van der Waals surface area contributed by atoms with E-state index in [1.54, 1.807) is 13.8 Å². The van der Waals surface area contributed by atoms with Crippen LogP contribution in [0.25, 0.3) is 5.70 Å². The molecule has 7 nitrogen and oxygen atoms in total. The third-order valence-corrected chi connectivity index (χ3v) is 4.20. The maximum Gasteiger partial charge on any atom is 0.419 e. The lowest BCUT2D eigenvalue weighted by Gasteiger charge is -2.23. The molecule has 3 N–H and O–H groups in total. The van der Waals surface area contributed by atoms with Gasteiger partial charge in [-0.1, -0.05) is 6.92 Å². The van der Waals surface area contributed by atoms with Crippen LogP contribution in [0.1, 0.15) is 37.9 Å². The fourth-order valence-electron chi connectivity index (χ4n) is 2.58. The second-order valence-corrected chi connectivity index (χ2v) is 6.15. The molecule has 0 aliphatic carbocycles.